The quantitative estimate of drug-likeness (QED) is 0.314. The van der Waals surface area contributed by atoms with Gasteiger partial charge < -0.3 is 19.3 Å². The third-order valence-corrected chi connectivity index (χ3v) is 9.01. The van der Waals surface area contributed by atoms with Crippen LogP contribution in [0.1, 0.15) is 45.0 Å². The number of fused-ring (bicyclic) bond motifs is 3. The number of piperazine rings is 1. The van der Waals surface area contributed by atoms with Crippen molar-refractivity contribution in [2.75, 3.05) is 45.3 Å². The fourth-order valence-electron chi connectivity index (χ4n) is 5.69. The molecule has 6 rings (SSSR count). The van der Waals surface area contributed by atoms with E-state index in [9.17, 15) is 4.79 Å². The van der Waals surface area contributed by atoms with Crippen LogP contribution in [-0.4, -0.2) is 61.2 Å². The SMILES string of the molecule is COc1ccc(C(=O)N2CCN(c3nc(CCc4ccccc4)nc4sc5c(c34)CCCC5)CC2)c(OC)c1. The molecule has 1 aliphatic heterocycles. The van der Waals surface area contributed by atoms with Gasteiger partial charge in [-0.3, -0.25) is 4.79 Å². The largest absolute Gasteiger partial charge is 0.497 e. The number of carbonyl (C=O) groups excluding carboxylic acids is 1. The van der Waals surface area contributed by atoms with Crippen molar-refractivity contribution in [2.24, 2.45) is 0 Å². The van der Waals surface area contributed by atoms with Crippen LogP contribution in [0.3, 0.4) is 0 Å². The summed E-state index contributed by atoms with van der Waals surface area (Å²) in [6, 6.07) is 15.9. The number of hydrogen-bond donors (Lipinski definition) is 0. The molecule has 1 aliphatic carbocycles. The molecule has 0 spiro atoms. The van der Waals surface area contributed by atoms with E-state index in [0.29, 0.717) is 30.2 Å². The van der Waals surface area contributed by atoms with E-state index < -0.39 is 0 Å². The van der Waals surface area contributed by atoms with Gasteiger partial charge in [0.2, 0.25) is 0 Å². The molecule has 0 N–H and O–H groups in total. The maximum Gasteiger partial charge on any atom is 0.257 e. The first kappa shape index (κ1) is 25.6. The molecule has 8 heteroatoms. The molecule has 2 aliphatic rings. The Morgan fingerprint density at radius 2 is 1.72 bits per heavy atom. The van der Waals surface area contributed by atoms with Crippen molar-refractivity contribution in [1.29, 1.82) is 0 Å². The Hall–Kier alpha value is -3.65. The van der Waals surface area contributed by atoms with Crippen molar-refractivity contribution in [3.05, 3.63) is 75.9 Å². The summed E-state index contributed by atoms with van der Waals surface area (Å²) >= 11 is 1.86. The number of aromatic nitrogens is 2. The molecule has 2 aromatic carbocycles. The lowest BCUT2D eigenvalue weighted by molar-refractivity contribution is 0.0743. The first-order chi connectivity index (χ1) is 19.1. The molecule has 202 valence electrons. The highest BCUT2D eigenvalue weighted by Crippen LogP contribution is 2.40. The first-order valence-electron chi connectivity index (χ1n) is 13.8. The second-order valence-electron chi connectivity index (χ2n) is 10.2. The standard InChI is InChI=1S/C31H34N4O3S/c1-37-22-13-14-23(25(20-22)38-2)31(36)35-18-16-34(17-19-35)29-28-24-10-6-7-11-26(24)39-30(28)33-27(32-29)15-12-21-8-4-3-5-9-21/h3-5,8-9,13-14,20H,6-7,10-12,15-19H2,1-2H3. The predicted octanol–water partition coefficient (Wildman–Crippen LogP) is 5.33. The number of amides is 1. The number of rotatable bonds is 7. The number of carbonyl (C=O) groups is 1. The minimum Gasteiger partial charge on any atom is -0.497 e. The molecular formula is C31H34N4O3S. The van der Waals surface area contributed by atoms with E-state index in [-0.39, 0.29) is 5.91 Å². The minimum absolute atomic E-state index is 0.0153. The number of methoxy groups -OCH3 is 2. The Morgan fingerprint density at radius 1 is 0.923 bits per heavy atom. The Balaban J connectivity index is 1.25. The number of anilines is 1. The van der Waals surface area contributed by atoms with Gasteiger partial charge in [0, 0.05) is 43.5 Å². The average Bonchev–Trinajstić information content (AvgIpc) is 3.38. The summed E-state index contributed by atoms with van der Waals surface area (Å²) in [7, 11) is 3.19. The Bertz CT molecular complexity index is 1480. The number of benzene rings is 2. The third kappa shape index (κ3) is 5.17. The fourth-order valence-corrected chi connectivity index (χ4v) is 6.96. The van der Waals surface area contributed by atoms with Crippen LogP contribution < -0.4 is 14.4 Å². The smallest absolute Gasteiger partial charge is 0.257 e. The zero-order valence-electron chi connectivity index (χ0n) is 22.6. The van der Waals surface area contributed by atoms with Gasteiger partial charge in [-0.2, -0.15) is 0 Å². The lowest BCUT2D eigenvalue weighted by Gasteiger charge is -2.36. The van der Waals surface area contributed by atoms with Crippen LogP contribution in [0.4, 0.5) is 5.82 Å². The van der Waals surface area contributed by atoms with Gasteiger partial charge >= 0.3 is 0 Å². The summed E-state index contributed by atoms with van der Waals surface area (Å²) in [6.07, 6.45) is 6.44. The molecule has 0 radical (unpaired) electrons. The van der Waals surface area contributed by atoms with Gasteiger partial charge in [0.15, 0.2) is 0 Å². The van der Waals surface area contributed by atoms with Crippen molar-refractivity contribution in [2.45, 2.75) is 38.5 Å². The molecular weight excluding hydrogens is 508 g/mol. The molecule has 0 bridgehead atoms. The highest BCUT2D eigenvalue weighted by molar-refractivity contribution is 7.19. The van der Waals surface area contributed by atoms with Gasteiger partial charge in [-0.15, -0.1) is 11.3 Å². The number of ether oxygens (including phenoxy) is 2. The van der Waals surface area contributed by atoms with E-state index in [4.69, 9.17) is 19.4 Å². The van der Waals surface area contributed by atoms with Crippen LogP contribution in [0, 0.1) is 0 Å². The topological polar surface area (TPSA) is 67.8 Å². The summed E-state index contributed by atoms with van der Waals surface area (Å²) in [4.78, 5) is 30.5. The van der Waals surface area contributed by atoms with Crippen molar-refractivity contribution in [1.82, 2.24) is 14.9 Å². The molecule has 4 aromatic rings. The molecule has 1 amide bonds. The van der Waals surface area contributed by atoms with Crippen molar-refractivity contribution in [3.63, 3.8) is 0 Å². The van der Waals surface area contributed by atoms with Crippen LogP contribution in [-0.2, 0) is 25.7 Å². The minimum atomic E-state index is -0.0153. The zero-order valence-corrected chi connectivity index (χ0v) is 23.4. The first-order valence-corrected chi connectivity index (χ1v) is 14.6. The monoisotopic (exact) mass is 542 g/mol. The second-order valence-corrected chi connectivity index (χ2v) is 11.3. The second kappa shape index (κ2) is 11.2. The summed E-state index contributed by atoms with van der Waals surface area (Å²) < 4.78 is 10.8. The van der Waals surface area contributed by atoms with Gasteiger partial charge in [-0.05, 0) is 55.4 Å². The van der Waals surface area contributed by atoms with E-state index in [1.165, 1.54) is 34.2 Å². The van der Waals surface area contributed by atoms with Gasteiger partial charge in [-0.1, -0.05) is 30.3 Å². The zero-order chi connectivity index (χ0) is 26.8. The number of hydrogen-bond acceptors (Lipinski definition) is 7. The molecule has 3 heterocycles. The van der Waals surface area contributed by atoms with Crippen LogP contribution in [0.15, 0.2) is 48.5 Å². The molecule has 1 saturated heterocycles. The molecule has 0 unspecified atom stereocenters. The normalized spacial score (nSPS) is 15.3. The third-order valence-electron chi connectivity index (χ3n) is 7.83. The van der Waals surface area contributed by atoms with Gasteiger partial charge in [0.1, 0.15) is 28.0 Å². The molecule has 39 heavy (non-hydrogen) atoms. The Morgan fingerprint density at radius 3 is 2.49 bits per heavy atom. The average molecular weight is 543 g/mol. The van der Waals surface area contributed by atoms with E-state index >= 15 is 0 Å². The number of nitrogens with zero attached hydrogens (tertiary/aromatic N) is 4. The summed E-state index contributed by atoms with van der Waals surface area (Å²) in [5.41, 5.74) is 3.31. The van der Waals surface area contributed by atoms with Gasteiger partial charge in [0.25, 0.3) is 5.91 Å². The van der Waals surface area contributed by atoms with Crippen LogP contribution in [0.2, 0.25) is 0 Å². The van der Waals surface area contributed by atoms with E-state index in [1.807, 2.05) is 16.2 Å². The number of aryl methyl sites for hydroxylation is 4. The predicted molar refractivity (Wildman–Crippen MR) is 156 cm³/mol. The Kier molecular flexibility index (Phi) is 7.37. The maximum atomic E-state index is 13.4. The Labute approximate surface area is 233 Å². The highest BCUT2D eigenvalue weighted by Gasteiger charge is 2.29. The molecule has 2 aromatic heterocycles. The van der Waals surface area contributed by atoms with E-state index in [1.54, 1.807) is 32.4 Å². The lowest BCUT2D eigenvalue weighted by atomic mass is 9.96. The van der Waals surface area contributed by atoms with Crippen LogP contribution >= 0.6 is 11.3 Å². The van der Waals surface area contributed by atoms with Crippen LogP contribution in [0.25, 0.3) is 10.2 Å². The molecule has 0 atom stereocenters. The van der Waals surface area contributed by atoms with Crippen LogP contribution in [0.5, 0.6) is 11.5 Å². The fraction of sp³-hybridized carbons (Fsp3) is 0.387. The highest BCUT2D eigenvalue weighted by atomic mass is 32.1. The van der Waals surface area contributed by atoms with E-state index in [2.05, 4.69) is 35.2 Å². The summed E-state index contributed by atoms with van der Waals surface area (Å²) in [6.45, 7) is 2.73. The lowest BCUT2D eigenvalue weighted by Crippen LogP contribution is -2.49. The number of thiophene rings is 1. The van der Waals surface area contributed by atoms with Crippen molar-refractivity contribution in [3.8, 4) is 11.5 Å². The van der Waals surface area contributed by atoms with E-state index in [0.717, 1.165) is 55.2 Å². The summed E-state index contributed by atoms with van der Waals surface area (Å²) in [5.74, 6) is 3.15. The van der Waals surface area contributed by atoms with Crippen molar-refractivity contribution < 1.29 is 14.3 Å². The summed E-state index contributed by atoms with van der Waals surface area (Å²) in [5, 5.41) is 1.25. The maximum absolute atomic E-state index is 13.4. The van der Waals surface area contributed by atoms with Crippen molar-refractivity contribution >= 4 is 33.3 Å². The molecule has 0 saturated carbocycles. The van der Waals surface area contributed by atoms with Gasteiger partial charge in [0.05, 0.1) is 25.2 Å². The molecule has 7 nitrogen and oxygen atoms in total. The van der Waals surface area contributed by atoms with Gasteiger partial charge in [-0.25, -0.2) is 9.97 Å². The molecule has 1 fully saturated rings.